The van der Waals surface area contributed by atoms with Gasteiger partial charge in [-0.3, -0.25) is 4.90 Å². The molecule has 3 nitrogen and oxygen atoms in total. The molecule has 2 N–H and O–H groups in total. The predicted octanol–water partition coefficient (Wildman–Crippen LogP) is 5.53. The van der Waals surface area contributed by atoms with Crippen LogP contribution in [0.2, 0.25) is 0 Å². The third kappa shape index (κ3) is 6.80. The number of hydrogen-bond donors (Lipinski definition) is 2. The van der Waals surface area contributed by atoms with Crippen LogP contribution in [0.3, 0.4) is 0 Å². The minimum Gasteiger partial charge on any atom is -0.393 e. The number of unbranched alkanes of at least 4 members (excludes halogenated alkanes) is 9. The normalized spacial score (nSPS) is 26.8. The average Bonchev–Trinajstić information content (AvgIpc) is 2.54. The molecule has 3 heteroatoms. The fourth-order valence-corrected chi connectivity index (χ4v) is 5.00. The van der Waals surface area contributed by atoms with Gasteiger partial charge in [0.25, 0.3) is 0 Å². The molecule has 1 heterocycles. The van der Waals surface area contributed by atoms with Crippen LogP contribution in [-0.4, -0.2) is 45.4 Å². The lowest BCUT2D eigenvalue weighted by Crippen LogP contribution is -2.67. The van der Waals surface area contributed by atoms with Crippen LogP contribution < -0.4 is 0 Å². The third-order valence-electron chi connectivity index (χ3n) is 6.98. The molecule has 0 saturated carbocycles. The molecule has 1 fully saturated rings. The first-order valence-corrected chi connectivity index (χ1v) is 11.2. The Labute approximate surface area is 163 Å². The van der Waals surface area contributed by atoms with Crippen molar-refractivity contribution in [1.82, 2.24) is 4.90 Å². The molecule has 26 heavy (non-hydrogen) atoms. The molecule has 3 unspecified atom stereocenters. The Kier molecular flexibility index (Phi) is 10.1. The molecule has 0 spiro atoms. The van der Waals surface area contributed by atoms with Crippen molar-refractivity contribution < 1.29 is 10.2 Å². The number of nitrogens with zero attached hydrogens (tertiary/aromatic N) is 1. The van der Waals surface area contributed by atoms with Gasteiger partial charge in [0.2, 0.25) is 0 Å². The summed E-state index contributed by atoms with van der Waals surface area (Å²) in [5.74, 6) is -0.0703. The van der Waals surface area contributed by atoms with E-state index in [9.17, 15) is 10.2 Å². The summed E-state index contributed by atoms with van der Waals surface area (Å²) in [6.07, 6.45) is 13.8. The Balaban J connectivity index is 2.27. The van der Waals surface area contributed by atoms with Crippen LogP contribution in [-0.2, 0) is 0 Å². The van der Waals surface area contributed by atoms with E-state index in [1.807, 2.05) is 0 Å². The van der Waals surface area contributed by atoms with Gasteiger partial charge >= 0.3 is 0 Å². The monoisotopic (exact) mass is 369 g/mol. The van der Waals surface area contributed by atoms with Crippen LogP contribution in [0.4, 0.5) is 0 Å². The van der Waals surface area contributed by atoms with Crippen LogP contribution in [0.5, 0.6) is 0 Å². The standard InChI is InChI=1S/C23H47NO2/c1-7-8-9-10-11-12-13-14-15-16-17-19(25)21-20(26)18-22(2,3)24(6)23(21,4)5/h19-21,25-26H,7-18H2,1-6H3. The minimum atomic E-state index is -0.422. The van der Waals surface area contributed by atoms with Crippen molar-refractivity contribution in [3.05, 3.63) is 0 Å². The molecule has 0 amide bonds. The van der Waals surface area contributed by atoms with E-state index in [4.69, 9.17) is 0 Å². The molecule has 1 aliphatic heterocycles. The fraction of sp³-hybridized carbons (Fsp3) is 1.00. The van der Waals surface area contributed by atoms with Crippen LogP contribution in [0.1, 0.15) is 112 Å². The molecule has 3 atom stereocenters. The molecule has 1 aliphatic rings. The van der Waals surface area contributed by atoms with Gasteiger partial charge in [-0.25, -0.2) is 0 Å². The maximum atomic E-state index is 10.8. The van der Waals surface area contributed by atoms with E-state index in [1.54, 1.807) is 0 Å². The summed E-state index contributed by atoms with van der Waals surface area (Å²) in [5, 5.41) is 21.5. The van der Waals surface area contributed by atoms with Crippen molar-refractivity contribution in [2.75, 3.05) is 7.05 Å². The van der Waals surface area contributed by atoms with Crippen LogP contribution in [0.15, 0.2) is 0 Å². The Morgan fingerprint density at radius 1 is 0.885 bits per heavy atom. The first-order valence-electron chi connectivity index (χ1n) is 11.2. The molecule has 0 aromatic rings. The number of hydrogen-bond acceptors (Lipinski definition) is 3. The van der Waals surface area contributed by atoms with Gasteiger partial charge in [0.15, 0.2) is 0 Å². The maximum absolute atomic E-state index is 10.8. The van der Waals surface area contributed by atoms with E-state index in [0.717, 1.165) is 19.3 Å². The summed E-state index contributed by atoms with van der Waals surface area (Å²) in [7, 11) is 2.13. The highest BCUT2D eigenvalue weighted by molar-refractivity contribution is 5.05. The Morgan fingerprint density at radius 2 is 1.35 bits per heavy atom. The minimum absolute atomic E-state index is 0.0315. The number of aliphatic hydroxyl groups excluding tert-OH is 2. The van der Waals surface area contributed by atoms with E-state index in [-0.39, 0.29) is 17.0 Å². The average molecular weight is 370 g/mol. The summed E-state index contributed by atoms with van der Waals surface area (Å²) in [4.78, 5) is 2.35. The quantitative estimate of drug-likeness (QED) is 0.445. The van der Waals surface area contributed by atoms with Crippen molar-refractivity contribution in [2.45, 2.75) is 135 Å². The Morgan fingerprint density at radius 3 is 1.85 bits per heavy atom. The van der Waals surface area contributed by atoms with Gasteiger partial charge in [-0.15, -0.1) is 0 Å². The molecule has 0 bridgehead atoms. The topological polar surface area (TPSA) is 43.7 Å². The van der Waals surface area contributed by atoms with Crippen molar-refractivity contribution in [3.8, 4) is 0 Å². The van der Waals surface area contributed by atoms with Gasteiger partial charge in [0, 0.05) is 17.0 Å². The Hall–Kier alpha value is -0.120. The number of aliphatic hydroxyl groups is 2. The summed E-state index contributed by atoms with van der Waals surface area (Å²) < 4.78 is 0. The highest BCUT2D eigenvalue weighted by Gasteiger charge is 2.51. The van der Waals surface area contributed by atoms with Gasteiger partial charge in [0.05, 0.1) is 12.2 Å². The number of likely N-dealkylation sites (tertiary alicyclic amines) is 1. The molecule has 0 radical (unpaired) electrons. The van der Waals surface area contributed by atoms with E-state index in [2.05, 4.69) is 46.6 Å². The van der Waals surface area contributed by atoms with Crippen molar-refractivity contribution in [3.63, 3.8) is 0 Å². The summed E-state index contributed by atoms with van der Waals surface area (Å²) >= 11 is 0. The van der Waals surface area contributed by atoms with Gasteiger partial charge in [-0.1, -0.05) is 71.1 Å². The second kappa shape index (κ2) is 11.0. The summed E-state index contributed by atoms with van der Waals surface area (Å²) in [6.45, 7) is 11.0. The number of rotatable bonds is 12. The lowest BCUT2D eigenvalue weighted by atomic mass is 9.68. The van der Waals surface area contributed by atoms with Crippen LogP contribution in [0, 0.1) is 5.92 Å². The van der Waals surface area contributed by atoms with Crippen molar-refractivity contribution in [1.29, 1.82) is 0 Å². The van der Waals surface area contributed by atoms with Gasteiger partial charge < -0.3 is 10.2 Å². The molecule has 156 valence electrons. The number of piperidine rings is 1. The smallest absolute Gasteiger partial charge is 0.0628 e. The first-order chi connectivity index (χ1) is 12.1. The highest BCUT2D eigenvalue weighted by atomic mass is 16.3. The molecule has 0 aromatic heterocycles. The fourth-order valence-electron chi connectivity index (χ4n) is 5.00. The molecule has 0 aromatic carbocycles. The lowest BCUT2D eigenvalue weighted by molar-refractivity contribution is -0.148. The molecular weight excluding hydrogens is 322 g/mol. The molecule has 1 saturated heterocycles. The van der Waals surface area contributed by atoms with E-state index < -0.39 is 12.2 Å². The SMILES string of the molecule is CCCCCCCCCCCCC(O)C1C(O)CC(C)(C)N(C)C1(C)C. The second-order valence-electron chi connectivity index (χ2n) is 9.86. The zero-order valence-corrected chi connectivity index (χ0v) is 18.6. The molecule has 0 aliphatic carbocycles. The van der Waals surface area contributed by atoms with E-state index in [1.165, 1.54) is 57.8 Å². The van der Waals surface area contributed by atoms with E-state index in [0.29, 0.717) is 0 Å². The summed E-state index contributed by atoms with van der Waals surface area (Å²) in [6, 6.07) is 0. The molecular formula is C23H47NO2. The third-order valence-corrected chi connectivity index (χ3v) is 6.98. The molecule has 1 rings (SSSR count). The van der Waals surface area contributed by atoms with E-state index >= 15 is 0 Å². The lowest BCUT2D eigenvalue weighted by Gasteiger charge is -2.58. The van der Waals surface area contributed by atoms with Crippen molar-refractivity contribution in [2.24, 2.45) is 5.92 Å². The summed E-state index contributed by atoms with van der Waals surface area (Å²) in [5.41, 5.74) is -0.227. The van der Waals surface area contributed by atoms with Crippen LogP contribution >= 0.6 is 0 Å². The highest BCUT2D eigenvalue weighted by Crippen LogP contribution is 2.43. The van der Waals surface area contributed by atoms with Gasteiger partial charge in [-0.05, 0) is 47.6 Å². The predicted molar refractivity (Wildman–Crippen MR) is 113 cm³/mol. The van der Waals surface area contributed by atoms with Gasteiger partial charge in [0.1, 0.15) is 0 Å². The largest absolute Gasteiger partial charge is 0.393 e. The first kappa shape index (κ1) is 23.9. The van der Waals surface area contributed by atoms with Crippen molar-refractivity contribution >= 4 is 0 Å². The van der Waals surface area contributed by atoms with Crippen LogP contribution in [0.25, 0.3) is 0 Å². The van der Waals surface area contributed by atoms with Gasteiger partial charge in [-0.2, -0.15) is 0 Å². The Bertz CT molecular complexity index is 380. The zero-order valence-electron chi connectivity index (χ0n) is 18.6. The zero-order chi connectivity index (χ0) is 19.8. The maximum Gasteiger partial charge on any atom is 0.0628 e. The second-order valence-corrected chi connectivity index (χ2v) is 9.86.